The Morgan fingerprint density at radius 1 is 0.971 bits per heavy atom. The van der Waals surface area contributed by atoms with E-state index in [9.17, 15) is 9.59 Å². The molecule has 0 N–H and O–H groups in total. The summed E-state index contributed by atoms with van der Waals surface area (Å²) in [5.74, 6) is 1.72. The van der Waals surface area contributed by atoms with Crippen LogP contribution in [-0.2, 0) is 4.79 Å². The lowest BCUT2D eigenvalue weighted by atomic mass is 10.1. The van der Waals surface area contributed by atoms with Crippen LogP contribution in [0.4, 0.5) is 5.69 Å². The number of ether oxygens (including phenoxy) is 1. The molecule has 7 nitrogen and oxygen atoms in total. The number of nitrogens with zero attached hydrogens (tertiary/aromatic N) is 4. The van der Waals surface area contributed by atoms with Gasteiger partial charge >= 0.3 is 0 Å². The zero-order chi connectivity index (χ0) is 24.2. The van der Waals surface area contributed by atoms with E-state index in [0.717, 1.165) is 29.1 Å². The number of hydrogen-bond donors (Lipinski definition) is 0. The Bertz CT molecular complexity index is 1350. The largest absolute Gasteiger partial charge is 0.497 e. The van der Waals surface area contributed by atoms with Crippen molar-refractivity contribution in [1.29, 1.82) is 0 Å². The Labute approximate surface area is 207 Å². The van der Waals surface area contributed by atoms with Crippen LogP contribution in [0, 0.1) is 0 Å². The highest BCUT2D eigenvalue weighted by Gasteiger charge is 2.23. The van der Waals surface area contributed by atoms with Crippen LogP contribution in [0.15, 0.2) is 84.0 Å². The predicted molar refractivity (Wildman–Crippen MR) is 136 cm³/mol. The molecule has 1 fully saturated rings. The first kappa shape index (κ1) is 22.9. The van der Waals surface area contributed by atoms with Crippen LogP contribution in [0.3, 0.4) is 0 Å². The number of rotatable bonds is 8. The Morgan fingerprint density at radius 3 is 2.46 bits per heavy atom. The van der Waals surface area contributed by atoms with Crippen molar-refractivity contribution < 1.29 is 14.3 Å². The van der Waals surface area contributed by atoms with Gasteiger partial charge in [0.25, 0.3) is 0 Å². The molecule has 0 bridgehead atoms. The maximum absolute atomic E-state index is 13.1. The van der Waals surface area contributed by atoms with E-state index < -0.39 is 0 Å². The summed E-state index contributed by atoms with van der Waals surface area (Å²) in [4.78, 5) is 26.9. The van der Waals surface area contributed by atoms with Crippen molar-refractivity contribution >= 4 is 29.1 Å². The second-order valence-electron chi connectivity index (χ2n) is 8.12. The molecule has 3 aromatic carbocycles. The third kappa shape index (κ3) is 4.83. The second kappa shape index (κ2) is 10.1. The van der Waals surface area contributed by atoms with E-state index in [1.54, 1.807) is 24.1 Å². The number of amides is 1. The molecule has 0 saturated carbocycles. The molecule has 5 rings (SSSR count). The maximum Gasteiger partial charge on any atom is 0.227 e. The summed E-state index contributed by atoms with van der Waals surface area (Å²) >= 11 is 1.34. The van der Waals surface area contributed by atoms with Gasteiger partial charge in [-0.2, -0.15) is 0 Å². The van der Waals surface area contributed by atoms with Crippen molar-refractivity contribution in [3.05, 3.63) is 84.4 Å². The first-order valence-electron chi connectivity index (χ1n) is 11.4. The van der Waals surface area contributed by atoms with Crippen molar-refractivity contribution in [2.24, 2.45) is 0 Å². The Kier molecular flexibility index (Phi) is 6.63. The van der Waals surface area contributed by atoms with Gasteiger partial charge in [-0.15, -0.1) is 10.2 Å². The van der Waals surface area contributed by atoms with Crippen LogP contribution in [-0.4, -0.2) is 45.9 Å². The summed E-state index contributed by atoms with van der Waals surface area (Å²) in [5.41, 5.74) is 3.16. The normalized spacial score (nSPS) is 13.3. The average Bonchev–Trinajstić information content (AvgIpc) is 3.54. The summed E-state index contributed by atoms with van der Waals surface area (Å²) in [7, 11) is 1.63. The van der Waals surface area contributed by atoms with Crippen molar-refractivity contribution in [3.8, 4) is 22.8 Å². The molecule has 0 radical (unpaired) electrons. The van der Waals surface area contributed by atoms with E-state index in [-0.39, 0.29) is 17.4 Å². The fourth-order valence-corrected chi connectivity index (χ4v) is 4.93. The molecule has 2 heterocycles. The van der Waals surface area contributed by atoms with Crippen LogP contribution in [0.5, 0.6) is 5.75 Å². The molecule has 1 aliphatic heterocycles. The molecule has 1 amide bonds. The van der Waals surface area contributed by atoms with Gasteiger partial charge in [0, 0.05) is 35.5 Å². The molecule has 0 aliphatic carbocycles. The minimum atomic E-state index is -0.0305. The topological polar surface area (TPSA) is 77.3 Å². The third-order valence-electron chi connectivity index (χ3n) is 5.88. The maximum atomic E-state index is 13.1. The van der Waals surface area contributed by atoms with Gasteiger partial charge in [-0.05, 0) is 55.0 Å². The van der Waals surface area contributed by atoms with E-state index in [0.29, 0.717) is 29.5 Å². The number of methoxy groups -OCH3 is 1. The lowest BCUT2D eigenvalue weighted by Crippen LogP contribution is -2.23. The van der Waals surface area contributed by atoms with Gasteiger partial charge in [-0.25, -0.2) is 0 Å². The minimum Gasteiger partial charge on any atom is -0.497 e. The number of aromatic nitrogens is 3. The fourth-order valence-electron chi connectivity index (χ4n) is 4.08. The van der Waals surface area contributed by atoms with Gasteiger partial charge in [0.05, 0.1) is 12.9 Å². The molecule has 8 heteroatoms. The van der Waals surface area contributed by atoms with Crippen LogP contribution in [0.1, 0.15) is 23.2 Å². The van der Waals surface area contributed by atoms with Crippen LogP contribution in [0.2, 0.25) is 0 Å². The molecule has 0 unspecified atom stereocenters. The SMILES string of the molecule is COc1ccc(-c2nnc(SCC(=O)c3cccc(N4CCCC4=O)c3)n2-c2ccccc2)cc1. The molecule has 0 spiro atoms. The third-order valence-corrected chi connectivity index (χ3v) is 6.81. The lowest BCUT2D eigenvalue weighted by Gasteiger charge is -2.16. The summed E-state index contributed by atoms with van der Waals surface area (Å²) in [6.07, 6.45) is 1.40. The summed E-state index contributed by atoms with van der Waals surface area (Å²) < 4.78 is 7.23. The van der Waals surface area contributed by atoms with Gasteiger partial charge < -0.3 is 9.64 Å². The van der Waals surface area contributed by atoms with Crippen molar-refractivity contribution in [2.45, 2.75) is 18.0 Å². The highest BCUT2D eigenvalue weighted by atomic mass is 32.2. The molecular formula is C27H24N4O3S. The first-order chi connectivity index (χ1) is 17.1. The molecule has 0 atom stereocenters. The van der Waals surface area contributed by atoms with E-state index in [4.69, 9.17) is 4.74 Å². The number of carbonyl (C=O) groups excluding carboxylic acids is 2. The van der Waals surface area contributed by atoms with Crippen LogP contribution >= 0.6 is 11.8 Å². The number of carbonyl (C=O) groups is 2. The Morgan fingerprint density at radius 2 is 1.74 bits per heavy atom. The molecule has 1 saturated heterocycles. The molecule has 176 valence electrons. The lowest BCUT2D eigenvalue weighted by molar-refractivity contribution is -0.117. The number of Topliss-reactive ketones (excluding diaryl/α,β-unsaturated/α-hetero) is 1. The molecule has 1 aromatic heterocycles. The predicted octanol–water partition coefficient (Wildman–Crippen LogP) is 5.04. The molecule has 4 aromatic rings. The molecular weight excluding hydrogens is 460 g/mol. The smallest absolute Gasteiger partial charge is 0.227 e. The number of hydrogen-bond acceptors (Lipinski definition) is 6. The number of ketones is 1. The van der Waals surface area contributed by atoms with Gasteiger partial charge in [0.2, 0.25) is 5.91 Å². The number of benzene rings is 3. The molecule has 35 heavy (non-hydrogen) atoms. The van der Waals surface area contributed by atoms with Gasteiger partial charge in [-0.3, -0.25) is 14.2 Å². The van der Waals surface area contributed by atoms with E-state index >= 15 is 0 Å². The van der Waals surface area contributed by atoms with Crippen molar-refractivity contribution in [1.82, 2.24) is 14.8 Å². The highest BCUT2D eigenvalue weighted by molar-refractivity contribution is 7.99. The van der Waals surface area contributed by atoms with Crippen molar-refractivity contribution in [2.75, 3.05) is 24.3 Å². The zero-order valence-corrected chi connectivity index (χ0v) is 20.1. The fraction of sp³-hybridized carbons (Fsp3) is 0.185. The van der Waals surface area contributed by atoms with E-state index in [2.05, 4.69) is 10.2 Å². The van der Waals surface area contributed by atoms with Crippen LogP contribution < -0.4 is 9.64 Å². The standard InChI is InChI=1S/C27H24N4O3S/c1-34-23-14-12-19(13-15-23)26-28-29-27(31(26)21-8-3-2-4-9-21)35-18-24(32)20-7-5-10-22(17-20)30-16-6-11-25(30)33/h2-5,7-10,12-15,17H,6,11,16,18H2,1H3. The summed E-state index contributed by atoms with van der Waals surface area (Å²) in [6.45, 7) is 0.694. The number of thioether (sulfide) groups is 1. The van der Waals surface area contributed by atoms with E-state index in [1.807, 2.05) is 71.3 Å². The Balaban J connectivity index is 1.40. The monoisotopic (exact) mass is 484 g/mol. The highest BCUT2D eigenvalue weighted by Crippen LogP contribution is 2.30. The van der Waals surface area contributed by atoms with Crippen LogP contribution in [0.25, 0.3) is 17.1 Å². The summed E-state index contributed by atoms with van der Waals surface area (Å²) in [6, 6.07) is 24.8. The van der Waals surface area contributed by atoms with Gasteiger partial charge in [-0.1, -0.05) is 42.1 Å². The Hall–Kier alpha value is -3.91. The number of para-hydroxylation sites is 1. The van der Waals surface area contributed by atoms with Gasteiger partial charge in [0.15, 0.2) is 16.8 Å². The second-order valence-corrected chi connectivity index (χ2v) is 9.06. The zero-order valence-electron chi connectivity index (χ0n) is 19.3. The average molecular weight is 485 g/mol. The number of anilines is 1. The van der Waals surface area contributed by atoms with E-state index in [1.165, 1.54) is 11.8 Å². The van der Waals surface area contributed by atoms with Gasteiger partial charge in [0.1, 0.15) is 5.75 Å². The molecule has 1 aliphatic rings. The summed E-state index contributed by atoms with van der Waals surface area (Å²) in [5, 5.41) is 9.47. The first-order valence-corrected chi connectivity index (χ1v) is 12.3. The quantitative estimate of drug-likeness (QED) is 0.257. The minimum absolute atomic E-state index is 0.0305. The van der Waals surface area contributed by atoms with Crippen molar-refractivity contribution in [3.63, 3.8) is 0 Å².